The summed E-state index contributed by atoms with van der Waals surface area (Å²) in [6.07, 6.45) is 3.58. The molecule has 0 fully saturated rings. The van der Waals surface area contributed by atoms with Crippen LogP contribution in [-0.2, 0) is 6.42 Å². The highest BCUT2D eigenvalue weighted by Crippen LogP contribution is 2.16. The number of aryl methyl sites for hydroxylation is 2. The third-order valence-corrected chi connectivity index (χ3v) is 3.76. The monoisotopic (exact) mass is 226 g/mol. The van der Waals surface area contributed by atoms with Crippen molar-refractivity contribution >= 4 is 11.3 Å². The molecule has 0 bridgehead atoms. The van der Waals surface area contributed by atoms with Gasteiger partial charge >= 0.3 is 0 Å². The van der Waals surface area contributed by atoms with Gasteiger partial charge in [0.05, 0.1) is 10.7 Å². The second-order valence-corrected chi connectivity index (χ2v) is 5.43. The van der Waals surface area contributed by atoms with Gasteiger partial charge in [-0.3, -0.25) is 0 Å². The quantitative estimate of drug-likeness (QED) is 0.806. The van der Waals surface area contributed by atoms with Crippen molar-refractivity contribution in [3.05, 3.63) is 15.6 Å². The van der Waals surface area contributed by atoms with Gasteiger partial charge in [0.2, 0.25) is 0 Å². The molecule has 0 aliphatic rings. The lowest BCUT2D eigenvalue weighted by Crippen LogP contribution is -2.27. The molecule has 3 heteroatoms. The molecule has 0 saturated heterocycles. The zero-order valence-corrected chi connectivity index (χ0v) is 11.1. The maximum atomic E-state index is 4.53. The molecule has 0 spiro atoms. The minimum absolute atomic E-state index is 0.636. The molecule has 86 valence electrons. The van der Waals surface area contributed by atoms with Crippen LogP contribution in [0.5, 0.6) is 0 Å². The zero-order valence-electron chi connectivity index (χ0n) is 10.3. The number of hydrogen-bond donors (Lipinski definition) is 1. The Kier molecular flexibility index (Phi) is 5.26. The first-order valence-corrected chi connectivity index (χ1v) is 6.61. The molecule has 0 saturated carbocycles. The summed E-state index contributed by atoms with van der Waals surface area (Å²) in [5.74, 6) is 0. The summed E-state index contributed by atoms with van der Waals surface area (Å²) < 4.78 is 0. The van der Waals surface area contributed by atoms with Crippen molar-refractivity contribution in [3.63, 3.8) is 0 Å². The van der Waals surface area contributed by atoms with E-state index in [9.17, 15) is 0 Å². The third kappa shape index (κ3) is 4.31. The van der Waals surface area contributed by atoms with Crippen molar-refractivity contribution in [1.29, 1.82) is 0 Å². The Hall–Kier alpha value is -0.410. The van der Waals surface area contributed by atoms with Crippen molar-refractivity contribution in [3.8, 4) is 0 Å². The second kappa shape index (κ2) is 6.23. The van der Waals surface area contributed by atoms with E-state index in [2.05, 4.69) is 38.0 Å². The van der Waals surface area contributed by atoms with E-state index in [-0.39, 0.29) is 0 Å². The molecular formula is C12H22N2S. The van der Waals surface area contributed by atoms with Gasteiger partial charge in [-0.1, -0.05) is 13.3 Å². The van der Waals surface area contributed by atoms with Gasteiger partial charge in [0.15, 0.2) is 0 Å². The van der Waals surface area contributed by atoms with Crippen LogP contribution in [0.2, 0.25) is 0 Å². The molecule has 0 aliphatic carbocycles. The first-order valence-electron chi connectivity index (χ1n) is 5.79. The van der Waals surface area contributed by atoms with Crippen molar-refractivity contribution in [2.24, 2.45) is 0 Å². The Morgan fingerprint density at radius 2 is 2.13 bits per heavy atom. The standard InChI is InChI=1S/C12H22N2S/c1-5-6-9(2)13-8-7-12-14-10(3)11(4)15-12/h9,13H,5-8H2,1-4H3. The molecule has 15 heavy (non-hydrogen) atoms. The lowest BCUT2D eigenvalue weighted by Gasteiger charge is -2.11. The fourth-order valence-electron chi connectivity index (χ4n) is 1.61. The van der Waals surface area contributed by atoms with Gasteiger partial charge < -0.3 is 5.32 Å². The summed E-state index contributed by atoms with van der Waals surface area (Å²) in [5.41, 5.74) is 1.19. The molecule has 0 radical (unpaired) electrons. The number of hydrogen-bond acceptors (Lipinski definition) is 3. The Morgan fingerprint density at radius 1 is 1.40 bits per heavy atom. The number of aromatic nitrogens is 1. The first kappa shape index (κ1) is 12.7. The fraction of sp³-hybridized carbons (Fsp3) is 0.750. The highest BCUT2D eigenvalue weighted by atomic mass is 32.1. The van der Waals surface area contributed by atoms with Crippen molar-refractivity contribution in [2.45, 2.75) is 53.0 Å². The molecular weight excluding hydrogens is 204 g/mol. The largest absolute Gasteiger partial charge is 0.314 e. The van der Waals surface area contributed by atoms with E-state index < -0.39 is 0 Å². The molecule has 1 aromatic rings. The van der Waals surface area contributed by atoms with Crippen LogP contribution in [0.4, 0.5) is 0 Å². The molecule has 1 rings (SSSR count). The molecule has 1 atom stereocenters. The van der Waals surface area contributed by atoms with E-state index in [4.69, 9.17) is 0 Å². The van der Waals surface area contributed by atoms with E-state index in [0.29, 0.717) is 6.04 Å². The van der Waals surface area contributed by atoms with E-state index in [1.54, 1.807) is 0 Å². The molecule has 0 aliphatic heterocycles. The summed E-state index contributed by atoms with van der Waals surface area (Å²) in [7, 11) is 0. The fourth-order valence-corrected chi connectivity index (χ4v) is 2.54. The Morgan fingerprint density at radius 3 is 2.67 bits per heavy atom. The minimum Gasteiger partial charge on any atom is -0.314 e. The van der Waals surface area contributed by atoms with Crippen LogP contribution in [0.3, 0.4) is 0 Å². The van der Waals surface area contributed by atoms with Gasteiger partial charge in [-0.15, -0.1) is 11.3 Å². The van der Waals surface area contributed by atoms with E-state index >= 15 is 0 Å². The molecule has 1 aromatic heterocycles. The maximum absolute atomic E-state index is 4.53. The highest BCUT2D eigenvalue weighted by molar-refractivity contribution is 7.11. The minimum atomic E-state index is 0.636. The van der Waals surface area contributed by atoms with Crippen LogP contribution in [0, 0.1) is 13.8 Å². The molecule has 2 nitrogen and oxygen atoms in total. The summed E-state index contributed by atoms with van der Waals surface area (Å²) in [5, 5.41) is 4.79. The van der Waals surface area contributed by atoms with Crippen molar-refractivity contribution in [2.75, 3.05) is 6.54 Å². The lowest BCUT2D eigenvalue weighted by molar-refractivity contribution is 0.511. The van der Waals surface area contributed by atoms with Crippen LogP contribution in [0.1, 0.15) is 42.3 Å². The van der Waals surface area contributed by atoms with E-state index in [0.717, 1.165) is 13.0 Å². The van der Waals surface area contributed by atoms with Gasteiger partial charge in [-0.25, -0.2) is 4.98 Å². The van der Waals surface area contributed by atoms with E-state index in [1.165, 1.54) is 28.4 Å². The van der Waals surface area contributed by atoms with Crippen LogP contribution in [0.15, 0.2) is 0 Å². The topological polar surface area (TPSA) is 24.9 Å². The van der Waals surface area contributed by atoms with Crippen LogP contribution in [-0.4, -0.2) is 17.6 Å². The Labute approximate surface area is 97.1 Å². The number of nitrogens with zero attached hydrogens (tertiary/aromatic N) is 1. The van der Waals surface area contributed by atoms with Crippen LogP contribution >= 0.6 is 11.3 Å². The van der Waals surface area contributed by atoms with Gasteiger partial charge in [0.25, 0.3) is 0 Å². The van der Waals surface area contributed by atoms with E-state index in [1.807, 2.05) is 11.3 Å². The van der Waals surface area contributed by atoms with Gasteiger partial charge in [0.1, 0.15) is 0 Å². The third-order valence-electron chi connectivity index (χ3n) is 2.63. The molecule has 1 unspecified atom stereocenters. The Bertz CT molecular complexity index is 274. The van der Waals surface area contributed by atoms with Gasteiger partial charge in [-0.2, -0.15) is 0 Å². The smallest absolute Gasteiger partial charge is 0.0943 e. The number of nitrogens with one attached hydrogen (secondary N) is 1. The second-order valence-electron chi connectivity index (χ2n) is 4.14. The molecule has 1 N–H and O–H groups in total. The SMILES string of the molecule is CCCC(C)NCCc1nc(C)c(C)s1. The summed E-state index contributed by atoms with van der Waals surface area (Å²) >= 11 is 1.83. The number of thiazole rings is 1. The lowest BCUT2D eigenvalue weighted by atomic mass is 10.2. The summed E-state index contributed by atoms with van der Waals surface area (Å²) in [6.45, 7) is 9.76. The van der Waals surface area contributed by atoms with Crippen LogP contribution in [0.25, 0.3) is 0 Å². The molecule has 0 amide bonds. The summed E-state index contributed by atoms with van der Waals surface area (Å²) in [6, 6.07) is 0.636. The van der Waals surface area contributed by atoms with Gasteiger partial charge in [-0.05, 0) is 27.2 Å². The zero-order chi connectivity index (χ0) is 11.3. The van der Waals surface area contributed by atoms with Crippen LogP contribution < -0.4 is 5.32 Å². The first-order chi connectivity index (χ1) is 7.13. The predicted molar refractivity (Wildman–Crippen MR) is 67.7 cm³/mol. The van der Waals surface area contributed by atoms with Crippen molar-refractivity contribution < 1.29 is 0 Å². The maximum Gasteiger partial charge on any atom is 0.0943 e. The van der Waals surface area contributed by atoms with Crippen molar-refractivity contribution in [1.82, 2.24) is 10.3 Å². The predicted octanol–water partition coefficient (Wildman–Crippen LogP) is 3.08. The highest BCUT2D eigenvalue weighted by Gasteiger charge is 2.04. The van der Waals surface area contributed by atoms with Gasteiger partial charge in [0, 0.05) is 23.9 Å². The number of rotatable bonds is 6. The Balaban J connectivity index is 2.25. The molecule has 0 aromatic carbocycles. The average molecular weight is 226 g/mol. The normalized spacial score (nSPS) is 13.1. The average Bonchev–Trinajstić information content (AvgIpc) is 2.46. The summed E-state index contributed by atoms with van der Waals surface area (Å²) in [4.78, 5) is 5.88. The molecule has 1 heterocycles.